The highest BCUT2D eigenvalue weighted by atomic mass is 16.2. The molecular weight excluding hydrogens is 494 g/mol. The van der Waals surface area contributed by atoms with Crippen LogP contribution in [0.5, 0.6) is 0 Å². The molecule has 0 heterocycles. The number of nitrogens with one attached hydrogen (secondary N) is 4. The Labute approximate surface area is 225 Å². The van der Waals surface area contributed by atoms with Crippen LogP contribution in [0.25, 0.3) is 0 Å². The molecule has 13 heteroatoms. The number of nitrogens with two attached hydrogens (primary N) is 3. The molecule has 0 saturated carbocycles. The van der Waals surface area contributed by atoms with E-state index in [0.29, 0.717) is 19.4 Å². The maximum atomic E-state index is 13.2. The minimum atomic E-state index is -1.20. The van der Waals surface area contributed by atoms with Crippen molar-refractivity contribution in [3.05, 3.63) is 0 Å². The Morgan fingerprint density at radius 3 is 1.79 bits per heavy atom. The lowest BCUT2D eigenvalue weighted by molar-refractivity contribution is -0.135. The van der Waals surface area contributed by atoms with Crippen LogP contribution in [0.2, 0.25) is 0 Å². The van der Waals surface area contributed by atoms with Crippen LogP contribution in [-0.4, -0.2) is 66.2 Å². The summed E-state index contributed by atoms with van der Waals surface area (Å²) in [5.41, 5.74) is 15.9. The summed E-state index contributed by atoms with van der Waals surface area (Å²) in [6.45, 7) is 9.18. The van der Waals surface area contributed by atoms with E-state index in [4.69, 9.17) is 17.2 Å². The van der Waals surface area contributed by atoms with Gasteiger partial charge in [-0.3, -0.25) is 28.8 Å². The minimum Gasteiger partial charge on any atom is -0.370 e. The highest BCUT2D eigenvalue weighted by Crippen LogP contribution is 2.10. The number of rotatable bonds is 19. The summed E-state index contributed by atoms with van der Waals surface area (Å²) in [6.07, 6.45) is 2.58. The number of carbonyl (C=O) groups excluding carboxylic acids is 6. The highest BCUT2D eigenvalue weighted by Gasteiger charge is 2.32. The second-order valence-electron chi connectivity index (χ2n) is 10.3. The molecule has 0 unspecified atom stereocenters. The Morgan fingerprint density at radius 1 is 0.684 bits per heavy atom. The molecule has 6 amide bonds. The van der Waals surface area contributed by atoms with Crippen molar-refractivity contribution in [2.24, 2.45) is 29.0 Å². The first-order valence-corrected chi connectivity index (χ1v) is 13.2. The van der Waals surface area contributed by atoms with E-state index in [1.807, 2.05) is 13.8 Å². The van der Waals surface area contributed by atoms with Crippen molar-refractivity contribution in [1.82, 2.24) is 21.3 Å². The Kier molecular flexibility index (Phi) is 16.6. The van der Waals surface area contributed by atoms with E-state index in [1.54, 1.807) is 13.8 Å². The smallest absolute Gasteiger partial charge is 0.243 e. The molecule has 0 aliphatic carbocycles. The minimum absolute atomic E-state index is 0.0868. The highest BCUT2D eigenvalue weighted by molar-refractivity contribution is 5.95. The van der Waals surface area contributed by atoms with Gasteiger partial charge >= 0.3 is 0 Å². The Bertz CT molecular complexity index is 818. The van der Waals surface area contributed by atoms with E-state index >= 15 is 0 Å². The summed E-state index contributed by atoms with van der Waals surface area (Å²) in [4.78, 5) is 74.0. The van der Waals surface area contributed by atoms with Crippen LogP contribution < -0.4 is 38.5 Å². The number of carbonyl (C=O) groups is 6. The first kappa shape index (κ1) is 34.8. The van der Waals surface area contributed by atoms with E-state index in [2.05, 4.69) is 21.3 Å². The van der Waals surface area contributed by atoms with Gasteiger partial charge in [-0.15, -0.1) is 0 Å². The molecule has 0 aromatic rings. The molecule has 0 fully saturated rings. The van der Waals surface area contributed by atoms with Gasteiger partial charge in [-0.2, -0.15) is 0 Å². The molecule has 0 bridgehead atoms. The lowest BCUT2D eigenvalue weighted by Gasteiger charge is -2.28. The van der Waals surface area contributed by atoms with E-state index in [9.17, 15) is 28.8 Å². The molecule has 0 radical (unpaired) electrons. The topological polar surface area (TPSA) is 229 Å². The first-order chi connectivity index (χ1) is 17.7. The predicted octanol–water partition coefficient (Wildman–Crippen LogP) is -1.08. The van der Waals surface area contributed by atoms with E-state index in [-0.39, 0.29) is 37.0 Å². The maximum Gasteiger partial charge on any atom is 0.243 e. The van der Waals surface area contributed by atoms with Crippen molar-refractivity contribution in [3.63, 3.8) is 0 Å². The normalized spacial score (nSPS) is 14.2. The van der Waals surface area contributed by atoms with Gasteiger partial charge in [-0.25, -0.2) is 0 Å². The van der Waals surface area contributed by atoms with Crippen molar-refractivity contribution in [1.29, 1.82) is 0 Å². The van der Waals surface area contributed by atoms with Gasteiger partial charge < -0.3 is 38.5 Å². The second kappa shape index (κ2) is 18.1. The molecule has 0 aromatic carbocycles. The summed E-state index contributed by atoms with van der Waals surface area (Å²) >= 11 is 0. The van der Waals surface area contributed by atoms with Gasteiger partial charge in [0.2, 0.25) is 35.4 Å². The summed E-state index contributed by atoms with van der Waals surface area (Å²) in [5, 5.41) is 10.4. The third kappa shape index (κ3) is 14.5. The Balaban J connectivity index is 5.53. The zero-order valence-corrected chi connectivity index (χ0v) is 23.3. The molecule has 0 aliphatic heterocycles. The number of hydrogen-bond acceptors (Lipinski definition) is 7. The van der Waals surface area contributed by atoms with Crippen molar-refractivity contribution >= 4 is 35.4 Å². The van der Waals surface area contributed by atoms with Crippen LogP contribution in [0.15, 0.2) is 0 Å². The molecule has 0 spiro atoms. The monoisotopic (exact) mass is 541 g/mol. The molecule has 0 aromatic heterocycles. The van der Waals surface area contributed by atoms with Crippen molar-refractivity contribution in [2.75, 3.05) is 6.54 Å². The average molecular weight is 542 g/mol. The van der Waals surface area contributed by atoms with Crippen LogP contribution in [0.3, 0.4) is 0 Å². The Hall–Kier alpha value is -3.22. The van der Waals surface area contributed by atoms with Crippen LogP contribution >= 0.6 is 0 Å². The molecule has 218 valence electrons. The van der Waals surface area contributed by atoms with Crippen LogP contribution in [0.1, 0.15) is 79.6 Å². The average Bonchev–Trinajstić information content (AvgIpc) is 2.81. The Morgan fingerprint density at radius 2 is 1.29 bits per heavy atom. The van der Waals surface area contributed by atoms with Gasteiger partial charge in [0.15, 0.2) is 0 Å². The van der Waals surface area contributed by atoms with Gasteiger partial charge in [0.05, 0.1) is 0 Å². The second-order valence-corrected chi connectivity index (χ2v) is 10.3. The summed E-state index contributed by atoms with van der Waals surface area (Å²) in [7, 11) is 0. The molecule has 10 N–H and O–H groups in total. The van der Waals surface area contributed by atoms with Crippen LogP contribution in [-0.2, 0) is 28.8 Å². The molecule has 13 nitrogen and oxygen atoms in total. The summed E-state index contributed by atoms with van der Waals surface area (Å²) in [5.74, 6) is -3.92. The quantitative estimate of drug-likeness (QED) is 0.0999. The molecule has 38 heavy (non-hydrogen) atoms. The van der Waals surface area contributed by atoms with Gasteiger partial charge in [0.25, 0.3) is 0 Å². The number of amides is 6. The fourth-order valence-electron chi connectivity index (χ4n) is 3.57. The van der Waals surface area contributed by atoms with Gasteiger partial charge in [0, 0.05) is 12.8 Å². The number of primary amides is 2. The van der Waals surface area contributed by atoms with Crippen molar-refractivity contribution < 1.29 is 28.8 Å². The molecule has 0 saturated heterocycles. The summed E-state index contributed by atoms with van der Waals surface area (Å²) < 4.78 is 0. The van der Waals surface area contributed by atoms with E-state index in [0.717, 1.165) is 12.8 Å². The van der Waals surface area contributed by atoms with Gasteiger partial charge in [-0.05, 0) is 51.0 Å². The van der Waals surface area contributed by atoms with E-state index < -0.39 is 53.7 Å². The van der Waals surface area contributed by atoms with Crippen molar-refractivity contribution in [3.8, 4) is 0 Å². The standard InChI is InChI=1S/C25H47N7O6/c1-14(2)13-18(30-20(34)9-7-6-8-12-26)24(37)32-21(15(3)4)25(38)31-17(10-11-19(27)33)23(36)29-16(5)22(28)35/h14-18,21H,6-13,26H2,1-5H3,(H2,27,33)(H2,28,35)(H,29,36)(H,30,34)(H,31,38)(H,32,37)/t16-,17-,18-,21-/m0/s1. The molecule has 4 atom stereocenters. The fourth-order valence-corrected chi connectivity index (χ4v) is 3.57. The van der Waals surface area contributed by atoms with Gasteiger partial charge in [-0.1, -0.05) is 34.1 Å². The van der Waals surface area contributed by atoms with E-state index in [1.165, 1.54) is 6.92 Å². The molecule has 0 aliphatic rings. The predicted molar refractivity (Wildman–Crippen MR) is 143 cm³/mol. The first-order valence-electron chi connectivity index (χ1n) is 13.2. The van der Waals surface area contributed by atoms with Crippen LogP contribution in [0.4, 0.5) is 0 Å². The lowest BCUT2D eigenvalue weighted by atomic mass is 9.99. The van der Waals surface area contributed by atoms with Gasteiger partial charge in [0.1, 0.15) is 24.2 Å². The molecule has 0 rings (SSSR count). The maximum absolute atomic E-state index is 13.2. The zero-order valence-electron chi connectivity index (χ0n) is 23.3. The number of unbranched alkanes of at least 4 members (excludes halogenated alkanes) is 2. The van der Waals surface area contributed by atoms with Crippen molar-refractivity contribution in [2.45, 2.75) is 104 Å². The van der Waals surface area contributed by atoms with Crippen LogP contribution in [0, 0.1) is 11.8 Å². The SMILES string of the molecule is CC(C)C[C@H](NC(=O)CCCCCN)C(=O)N[C@H](C(=O)N[C@@H](CCC(N)=O)C(=O)N[C@@H](C)C(N)=O)C(C)C. The fraction of sp³-hybridized carbons (Fsp3) is 0.760. The molecular formula is C25H47N7O6. The third-order valence-electron chi connectivity index (χ3n) is 5.81. The lowest BCUT2D eigenvalue weighted by Crippen LogP contribution is -2.59. The number of hydrogen-bond donors (Lipinski definition) is 7. The third-order valence-corrected chi connectivity index (χ3v) is 5.81. The zero-order chi connectivity index (χ0) is 29.4. The largest absolute Gasteiger partial charge is 0.370 e. The summed E-state index contributed by atoms with van der Waals surface area (Å²) in [6, 6.07) is -4.10.